The van der Waals surface area contributed by atoms with Crippen LogP contribution in [0.3, 0.4) is 0 Å². The zero-order valence-electron chi connectivity index (χ0n) is 12.9. The van der Waals surface area contributed by atoms with Crippen LogP contribution in [0.15, 0.2) is 29.2 Å². The summed E-state index contributed by atoms with van der Waals surface area (Å²) in [6.07, 6.45) is 2.84. The SMILES string of the molecule is CC(C)c1ccc(SCCNC(C)C2CCCO2)cc1. The van der Waals surface area contributed by atoms with Gasteiger partial charge >= 0.3 is 0 Å². The number of thioether (sulfide) groups is 1. The Morgan fingerprint density at radius 2 is 2.00 bits per heavy atom. The fourth-order valence-corrected chi connectivity index (χ4v) is 3.32. The molecule has 0 bridgehead atoms. The minimum Gasteiger partial charge on any atom is -0.377 e. The van der Waals surface area contributed by atoms with Crippen LogP contribution in [0.1, 0.15) is 45.1 Å². The molecule has 0 aliphatic carbocycles. The minimum absolute atomic E-state index is 0.422. The highest BCUT2D eigenvalue weighted by molar-refractivity contribution is 7.99. The molecule has 1 aromatic carbocycles. The average Bonchev–Trinajstić information content (AvgIpc) is 2.98. The van der Waals surface area contributed by atoms with E-state index in [0.717, 1.165) is 18.9 Å². The molecule has 2 nitrogen and oxygen atoms in total. The third-order valence-electron chi connectivity index (χ3n) is 3.91. The fourth-order valence-electron chi connectivity index (χ4n) is 2.53. The van der Waals surface area contributed by atoms with Crippen LogP contribution in [-0.2, 0) is 4.74 Å². The van der Waals surface area contributed by atoms with Gasteiger partial charge in [-0.3, -0.25) is 0 Å². The molecule has 1 heterocycles. The van der Waals surface area contributed by atoms with Gasteiger partial charge in [-0.05, 0) is 43.4 Å². The van der Waals surface area contributed by atoms with Gasteiger partial charge in [-0.15, -0.1) is 11.8 Å². The number of ether oxygens (including phenoxy) is 1. The van der Waals surface area contributed by atoms with Crippen molar-refractivity contribution in [3.05, 3.63) is 29.8 Å². The van der Waals surface area contributed by atoms with E-state index < -0.39 is 0 Å². The maximum atomic E-state index is 5.70. The molecule has 1 aliphatic heterocycles. The Labute approximate surface area is 127 Å². The Kier molecular flexibility index (Phi) is 6.40. The molecule has 1 aromatic rings. The van der Waals surface area contributed by atoms with Gasteiger partial charge in [-0.25, -0.2) is 0 Å². The predicted octanol–water partition coefficient (Wildman–Crippen LogP) is 4.06. The zero-order chi connectivity index (χ0) is 14.4. The molecule has 1 fully saturated rings. The quantitative estimate of drug-likeness (QED) is 0.605. The van der Waals surface area contributed by atoms with Crippen molar-refractivity contribution in [1.29, 1.82) is 0 Å². The first-order valence-corrected chi connectivity index (χ1v) is 8.73. The maximum Gasteiger partial charge on any atom is 0.0726 e. The van der Waals surface area contributed by atoms with E-state index in [2.05, 4.69) is 50.4 Å². The van der Waals surface area contributed by atoms with Crippen LogP contribution >= 0.6 is 11.8 Å². The second-order valence-corrected chi connectivity index (χ2v) is 7.03. The van der Waals surface area contributed by atoms with Crippen molar-refractivity contribution >= 4 is 11.8 Å². The van der Waals surface area contributed by atoms with Crippen LogP contribution in [0.5, 0.6) is 0 Å². The lowest BCUT2D eigenvalue weighted by atomic mass is 10.0. The number of hydrogen-bond donors (Lipinski definition) is 1. The Morgan fingerprint density at radius 1 is 1.25 bits per heavy atom. The molecule has 2 atom stereocenters. The smallest absolute Gasteiger partial charge is 0.0726 e. The monoisotopic (exact) mass is 293 g/mol. The van der Waals surface area contributed by atoms with Crippen LogP contribution in [0.4, 0.5) is 0 Å². The molecule has 20 heavy (non-hydrogen) atoms. The number of nitrogens with one attached hydrogen (secondary N) is 1. The summed E-state index contributed by atoms with van der Waals surface area (Å²) in [5.41, 5.74) is 1.42. The summed E-state index contributed by atoms with van der Waals surface area (Å²) in [4.78, 5) is 1.36. The molecule has 1 N–H and O–H groups in total. The van der Waals surface area contributed by atoms with Crippen LogP contribution in [0.2, 0.25) is 0 Å². The molecule has 2 unspecified atom stereocenters. The first-order chi connectivity index (χ1) is 9.66. The van der Waals surface area contributed by atoms with E-state index in [1.54, 1.807) is 0 Å². The van der Waals surface area contributed by atoms with Gasteiger partial charge < -0.3 is 10.1 Å². The lowest BCUT2D eigenvalue weighted by Gasteiger charge is -2.19. The topological polar surface area (TPSA) is 21.3 Å². The lowest BCUT2D eigenvalue weighted by Crippen LogP contribution is -2.38. The third kappa shape index (κ3) is 4.80. The molecule has 0 spiro atoms. The van der Waals surface area contributed by atoms with Crippen molar-refractivity contribution in [3.8, 4) is 0 Å². The van der Waals surface area contributed by atoms with Crippen molar-refractivity contribution in [3.63, 3.8) is 0 Å². The molecule has 0 amide bonds. The van der Waals surface area contributed by atoms with E-state index in [1.807, 2.05) is 11.8 Å². The number of benzene rings is 1. The molecule has 0 radical (unpaired) electrons. The van der Waals surface area contributed by atoms with Crippen molar-refractivity contribution < 1.29 is 4.74 Å². The number of hydrogen-bond acceptors (Lipinski definition) is 3. The fraction of sp³-hybridized carbons (Fsp3) is 0.647. The first kappa shape index (κ1) is 15.9. The molecule has 3 heteroatoms. The van der Waals surface area contributed by atoms with Crippen molar-refractivity contribution in [1.82, 2.24) is 5.32 Å². The van der Waals surface area contributed by atoms with Crippen molar-refractivity contribution in [2.75, 3.05) is 18.9 Å². The molecule has 112 valence electrons. The largest absolute Gasteiger partial charge is 0.377 e. The van der Waals surface area contributed by atoms with Gasteiger partial charge in [0.15, 0.2) is 0 Å². The standard InChI is InChI=1S/C17H27NOS/c1-13(2)15-6-8-16(9-7-15)20-12-10-18-14(3)17-5-4-11-19-17/h6-9,13-14,17-18H,4-5,10-12H2,1-3H3. The summed E-state index contributed by atoms with van der Waals surface area (Å²) in [6.45, 7) is 8.68. The summed E-state index contributed by atoms with van der Waals surface area (Å²) >= 11 is 1.92. The van der Waals surface area contributed by atoms with Crippen LogP contribution in [0.25, 0.3) is 0 Å². The summed E-state index contributed by atoms with van der Waals surface area (Å²) in [7, 11) is 0. The molecule has 1 saturated heterocycles. The normalized spacial score (nSPS) is 20.5. The van der Waals surface area contributed by atoms with Gasteiger partial charge in [-0.1, -0.05) is 26.0 Å². The summed E-state index contributed by atoms with van der Waals surface area (Å²) in [5.74, 6) is 1.72. The summed E-state index contributed by atoms with van der Waals surface area (Å²) in [5, 5.41) is 3.58. The van der Waals surface area contributed by atoms with E-state index >= 15 is 0 Å². The second kappa shape index (κ2) is 8.06. The van der Waals surface area contributed by atoms with Crippen molar-refractivity contribution in [2.24, 2.45) is 0 Å². The highest BCUT2D eigenvalue weighted by Gasteiger charge is 2.21. The molecule has 2 rings (SSSR count). The van der Waals surface area contributed by atoms with E-state index in [9.17, 15) is 0 Å². The number of rotatable bonds is 7. The Balaban J connectivity index is 1.65. The molecule has 0 saturated carbocycles. The van der Waals surface area contributed by atoms with Crippen LogP contribution in [-0.4, -0.2) is 31.1 Å². The van der Waals surface area contributed by atoms with E-state index in [1.165, 1.54) is 23.3 Å². The second-order valence-electron chi connectivity index (χ2n) is 5.87. The Morgan fingerprint density at radius 3 is 2.60 bits per heavy atom. The van der Waals surface area contributed by atoms with Crippen molar-refractivity contribution in [2.45, 2.75) is 56.6 Å². The summed E-state index contributed by atoms with van der Waals surface area (Å²) < 4.78 is 5.70. The van der Waals surface area contributed by atoms with Gasteiger partial charge in [-0.2, -0.15) is 0 Å². The minimum atomic E-state index is 0.422. The Bertz CT molecular complexity index is 384. The van der Waals surface area contributed by atoms with E-state index in [4.69, 9.17) is 4.74 Å². The van der Waals surface area contributed by atoms with Gasteiger partial charge in [0.25, 0.3) is 0 Å². The maximum absolute atomic E-state index is 5.70. The summed E-state index contributed by atoms with van der Waals surface area (Å²) in [6, 6.07) is 9.44. The highest BCUT2D eigenvalue weighted by Crippen LogP contribution is 2.21. The zero-order valence-corrected chi connectivity index (χ0v) is 13.7. The van der Waals surface area contributed by atoms with Crippen LogP contribution < -0.4 is 5.32 Å². The molecular weight excluding hydrogens is 266 g/mol. The van der Waals surface area contributed by atoms with Crippen LogP contribution in [0, 0.1) is 0 Å². The van der Waals surface area contributed by atoms with E-state index in [0.29, 0.717) is 18.1 Å². The Hall–Kier alpha value is -0.510. The van der Waals surface area contributed by atoms with Gasteiger partial charge in [0.1, 0.15) is 0 Å². The predicted molar refractivity (Wildman–Crippen MR) is 87.7 cm³/mol. The molecule has 0 aromatic heterocycles. The van der Waals surface area contributed by atoms with Gasteiger partial charge in [0.05, 0.1) is 6.10 Å². The van der Waals surface area contributed by atoms with Gasteiger partial charge in [0.2, 0.25) is 0 Å². The lowest BCUT2D eigenvalue weighted by molar-refractivity contribution is 0.0844. The highest BCUT2D eigenvalue weighted by atomic mass is 32.2. The third-order valence-corrected chi connectivity index (χ3v) is 4.92. The molecule has 1 aliphatic rings. The van der Waals surface area contributed by atoms with E-state index in [-0.39, 0.29) is 0 Å². The average molecular weight is 293 g/mol. The first-order valence-electron chi connectivity index (χ1n) is 7.74. The molecular formula is C17H27NOS. The van der Waals surface area contributed by atoms with Gasteiger partial charge in [0, 0.05) is 29.8 Å².